The van der Waals surface area contributed by atoms with Crippen LogP contribution < -0.4 is 5.73 Å². The van der Waals surface area contributed by atoms with Gasteiger partial charge in [-0.2, -0.15) is 0 Å². The van der Waals surface area contributed by atoms with E-state index in [1.54, 1.807) is 19.2 Å². The topological polar surface area (TPSA) is 35.2 Å². The predicted octanol–water partition coefficient (Wildman–Crippen LogP) is 3.65. The van der Waals surface area contributed by atoms with Gasteiger partial charge in [0.2, 0.25) is 0 Å². The SMILES string of the molecule is COC(C(N)c1cc(Br)ccc1F)C(C)(C)C. The van der Waals surface area contributed by atoms with Crippen LogP contribution in [-0.2, 0) is 4.74 Å². The Kier molecular flexibility index (Phi) is 4.69. The minimum atomic E-state index is -0.488. The highest BCUT2D eigenvalue weighted by Crippen LogP contribution is 2.32. The Bertz CT molecular complexity index is 389. The van der Waals surface area contributed by atoms with E-state index in [0.717, 1.165) is 4.47 Å². The summed E-state index contributed by atoms with van der Waals surface area (Å²) in [7, 11) is 1.60. The standard InChI is InChI=1S/C13H19BrFNO/c1-13(2,3)12(17-4)11(16)9-7-8(14)5-6-10(9)15/h5-7,11-12H,16H2,1-4H3. The van der Waals surface area contributed by atoms with Crippen molar-refractivity contribution in [2.24, 2.45) is 11.1 Å². The maximum Gasteiger partial charge on any atom is 0.128 e. The normalized spacial score (nSPS) is 15.7. The molecule has 0 radical (unpaired) electrons. The lowest BCUT2D eigenvalue weighted by molar-refractivity contribution is -0.00316. The van der Waals surface area contributed by atoms with Crippen molar-refractivity contribution in [3.63, 3.8) is 0 Å². The van der Waals surface area contributed by atoms with Crippen molar-refractivity contribution in [1.82, 2.24) is 0 Å². The molecule has 2 unspecified atom stereocenters. The van der Waals surface area contributed by atoms with E-state index >= 15 is 0 Å². The summed E-state index contributed by atoms with van der Waals surface area (Å²) in [5, 5.41) is 0. The van der Waals surface area contributed by atoms with Crippen LogP contribution in [0.5, 0.6) is 0 Å². The molecule has 1 aromatic rings. The summed E-state index contributed by atoms with van der Waals surface area (Å²) < 4.78 is 20.0. The van der Waals surface area contributed by atoms with Crippen LogP contribution in [0.2, 0.25) is 0 Å². The maximum absolute atomic E-state index is 13.7. The Labute approximate surface area is 110 Å². The van der Waals surface area contributed by atoms with Crippen molar-refractivity contribution in [2.45, 2.75) is 32.9 Å². The third-order valence-corrected chi connectivity index (χ3v) is 3.24. The molecule has 2 atom stereocenters. The summed E-state index contributed by atoms with van der Waals surface area (Å²) in [6.07, 6.45) is -0.244. The highest BCUT2D eigenvalue weighted by molar-refractivity contribution is 9.10. The molecule has 0 bridgehead atoms. The molecule has 0 saturated heterocycles. The van der Waals surface area contributed by atoms with Gasteiger partial charge in [-0.1, -0.05) is 36.7 Å². The van der Waals surface area contributed by atoms with Crippen LogP contribution in [0.15, 0.2) is 22.7 Å². The number of ether oxygens (including phenoxy) is 1. The van der Waals surface area contributed by atoms with Crippen molar-refractivity contribution >= 4 is 15.9 Å². The number of rotatable bonds is 3. The first-order chi connectivity index (χ1) is 7.77. The van der Waals surface area contributed by atoms with Gasteiger partial charge in [0.15, 0.2) is 0 Å². The summed E-state index contributed by atoms with van der Waals surface area (Å²) in [6, 6.07) is 4.29. The number of methoxy groups -OCH3 is 1. The fourth-order valence-corrected chi connectivity index (χ4v) is 2.35. The molecule has 1 aromatic carbocycles. The van der Waals surface area contributed by atoms with E-state index in [9.17, 15) is 4.39 Å². The highest BCUT2D eigenvalue weighted by Gasteiger charge is 2.32. The van der Waals surface area contributed by atoms with Gasteiger partial charge < -0.3 is 10.5 Å². The Morgan fingerprint density at radius 1 is 1.35 bits per heavy atom. The smallest absolute Gasteiger partial charge is 0.128 e. The summed E-state index contributed by atoms with van der Waals surface area (Å²) in [5.74, 6) is -0.299. The fourth-order valence-electron chi connectivity index (χ4n) is 1.97. The van der Waals surface area contributed by atoms with Gasteiger partial charge in [-0.05, 0) is 23.6 Å². The minimum absolute atomic E-state index is 0.150. The lowest BCUT2D eigenvalue weighted by Crippen LogP contribution is -2.39. The van der Waals surface area contributed by atoms with E-state index in [1.807, 2.05) is 20.8 Å². The van der Waals surface area contributed by atoms with E-state index in [-0.39, 0.29) is 17.3 Å². The van der Waals surface area contributed by atoms with Crippen molar-refractivity contribution in [3.8, 4) is 0 Å². The number of nitrogens with two attached hydrogens (primary N) is 1. The van der Waals surface area contributed by atoms with E-state index in [4.69, 9.17) is 10.5 Å². The average molecular weight is 304 g/mol. The molecule has 0 aromatic heterocycles. The molecule has 2 N–H and O–H groups in total. The molecular weight excluding hydrogens is 285 g/mol. The van der Waals surface area contributed by atoms with Crippen LogP contribution in [-0.4, -0.2) is 13.2 Å². The number of halogens is 2. The van der Waals surface area contributed by atoms with Crippen LogP contribution in [0, 0.1) is 11.2 Å². The van der Waals surface area contributed by atoms with Crippen molar-refractivity contribution in [3.05, 3.63) is 34.1 Å². The summed E-state index contributed by atoms with van der Waals surface area (Å²) in [4.78, 5) is 0. The summed E-state index contributed by atoms with van der Waals surface area (Å²) >= 11 is 3.32. The van der Waals surface area contributed by atoms with Crippen LogP contribution in [0.25, 0.3) is 0 Å². The van der Waals surface area contributed by atoms with Gasteiger partial charge in [0.25, 0.3) is 0 Å². The van der Waals surface area contributed by atoms with E-state index < -0.39 is 6.04 Å². The Balaban J connectivity index is 3.10. The molecule has 0 heterocycles. The fraction of sp³-hybridized carbons (Fsp3) is 0.538. The first-order valence-electron chi connectivity index (χ1n) is 5.50. The Morgan fingerprint density at radius 2 is 1.94 bits per heavy atom. The summed E-state index contributed by atoms with van der Waals surface area (Å²) in [5.41, 5.74) is 6.44. The number of benzene rings is 1. The molecule has 0 amide bonds. The quantitative estimate of drug-likeness (QED) is 0.925. The zero-order chi connectivity index (χ0) is 13.2. The van der Waals surface area contributed by atoms with Crippen molar-refractivity contribution in [2.75, 3.05) is 7.11 Å². The monoisotopic (exact) mass is 303 g/mol. The molecule has 96 valence electrons. The van der Waals surface area contributed by atoms with Crippen LogP contribution in [0.4, 0.5) is 4.39 Å². The largest absolute Gasteiger partial charge is 0.379 e. The van der Waals surface area contributed by atoms with Gasteiger partial charge in [0, 0.05) is 17.1 Å². The molecule has 17 heavy (non-hydrogen) atoms. The average Bonchev–Trinajstić information content (AvgIpc) is 2.20. The zero-order valence-electron chi connectivity index (χ0n) is 10.6. The van der Waals surface area contributed by atoms with Gasteiger partial charge in [0.05, 0.1) is 12.1 Å². The lowest BCUT2D eigenvalue weighted by atomic mass is 9.82. The molecule has 0 saturated carbocycles. The third-order valence-electron chi connectivity index (χ3n) is 2.75. The van der Waals surface area contributed by atoms with E-state index in [2.05, 4.69) is 15.9 Å². The second-order valence-corrected chi connectivity index (χ2v) is 6.13. The molecule has 0 aliphatic heterocycles. The van der Waals surface area contributed by atoms with Crippen LogP contribution in [0.3, 0.4) is 0 Å². The van der Waals surface area contributed by atoms with Gasteiger partial charge in [-0.15, -0.1) is 0 Å². The second kappa shape index (κ2) is 5.46. The van der Waals surface area contributed by atoms with Gasteiger partial charge in [-0.3, -0.25) is 0 Å². The maximum atomic E-state index is 13.7. The molecule has 0 spiro atoms. The predicted molar refractivity (Wildman–Crippen MR) is 71.3 cm³/mol. The highest BCUT2D eigenvalue weighted by atomic mass is 79.9. The second-order valence-electron chi connectivity index (χ2n) is 5.21. The van der Waals surface area contributed by atoms with Gasteiger partial charge in [0.1, 0.15) is 5.82 Å². The zero-order valence-corrected chi connectivity index (χ0v) is 12.2. The number of hydrogen-bond acceptors (Lipinski definition) is 2. The molecule has 0 aliphatic carbocycles. The van der Waals surface area contributed by atoms with Crippen molar-refractivity contribution in [1.29, 1.82) is 0 Å². The Hall–Kier alpha value is -0.450. The molecule has 1 rings (SSSR count). The number of hydrogen-bond donors (Lipinski definition) is 1. The molecule has 0 fully saturated rings. The lowest BCUT2D eigenvalue weighted by Gasteiger charge is -2.34. The van der Waals surface area contributed by atoms with Crippen LogP contribution in [0.1, 0.15) is 32.4 Å². The minimum Gasteiger partial charge on any atom is -0.379 e. The van der Waals surface area contributed by atoms with E-state index in [0.29, 0.717) is 5.56 Å². The van der Waals surface area contributed by atoms with Gasteiger partial charge >= 0.3 is 0 Å². The first kappa shape index (κ1) is 14.6. The van der Waals surface area contributed by atoms with Gasteiger partial charge in [-0.25, -0.2) is 4.39 Å². The molecule has 0 aliphatic rings. The first-order valence-corrected chi connectivity index (χ1v) is 6.30. The molecule has 2 nitrogen and oxygen atoms in total. The van der Waals surface area contributed by atoms with Crippen molar-refractivity contribution < 1.29 is 9.13 Å². The van der Waals surface area contributed by atoms with Crippen LogP contribution >= 0.6 is 15.9 Å². The Morgan fingerprint density at radius 3 is 2.41 bits per heavy atom. The molecule has 4 heteroatoms. The third kappa shape index (κ3) is 3.50. The summed E-state index contributed by atoms with van der Waals surface area (Å²) in [6.45, 7) is 6.07. The van der Waals surface area contributed by atoms with E-state index in [1.165, 1.54) is 6.07 Å². The molecular formula is C13H19BrFNO.